The summed E-state index contributed by atoms with van der Waals surface area (Å²) in [6.45, 7) is 0.722. The Labute approximate surface area is 110 Å². The van der Waals surface area contributed by atoms with Crippen LogP contribution in [0.4, 0.5) is 0 Å². The Morgan fingerprint density at radius 3 is 2.89 bits per heavy atom. The zero-order chi connectivity index (χ0) is 13.2. The lowest BCUT2D eigenvalue weighted by molar-refractivity contribution is 0.0727. The molecule has 3 heterocycles. The molecule has 0 radical (unpaired) electrons. The second kappa shape index (κ2) is 4.76. The molecule has 2 aromatic heterocycles. The molecule has 1 aliphatic heterocycles. The SMILES string of the molecule is O=C(c1cccc(=O)[nH]1)N1CCCC1c1ccc[nH]1. The van der Waals surface area contributed by atoms with Crippen molar-refractivity contribution in [2.75, 3.05) is 6.54 Å². The maximum atomic E-state index is 12.4. The number of carbonyl (C=O) groups is 1. The zero-order valence-electron chi connectivity index (χ0n) is 10.4. The maximum absolute atomic E-state index is 12.4. The number of nitrogens with zero attached hydrogens (tertiary/aromatic N) is 1. The lowest BCUT2D eigenvalue weighted by Crippen LogP contribution is -2.32. The van der Waals surface area contributed by atoms with Gasteiger partial charge in [0.15, 0.2) is 0 Å². The van der Waals surface area contributed by atoms with Crippen LogP contribution in [0.15, 0.2) is 41.3 Å². The summed E-state index contributed by atoms with van der Waals surface area (Å²) in [5.41, 5.74) is 1.15. The van der Waals surface area contributed by atoms with Crippen molar-refractivity contribution in [2.24, 2.45) is 0 Å². The first-order valence-corrected chi connectivity index (χ1v) is 6.39. The van der Waals surface area contributed by atoms with E-state index >= 15 is 0 Å². The Hall–Kier alpha value is -2.30. The van der Waals surface area contributed by atoms with E-state index in [-0.39, 0.29) is 17.5 Å². The summed E-state index contributed by atoms with van der Waals surface area (Å²) in [5, 5.41) is 0. The number of rotatable bonds is 2. The molecule has 1 unspecified atom stereocenters. The first-order chi connectivity index (χ1) is 9.25. The Morgan fingerprint density at radius 1 is 1.26 bits per heavy atom. The molecule has 98 valence electrons. The molecule has 1 aliphatic rings. The number of nitrogens with one attached hydrogen (secondary N) is 2. The highest BCUT2D eigenvalue weighted by Crippen LogP contribution is 2.31. The number of carbonyl (C=O) groups excluding carboxylic acids is 1. The molecule has 5 heteroatoms. The number of pyridine rings is 1. The van der Waals surface area contributed by atoms with Crippen molar-refractivity contribution in [3.63, 3.8) is 0 Å². The number of amides is 1. The standard InChI is InChI=1S/C14H15N3O2/c18-13-7-1-4-11(16-13)14(19)17-9-3-6-12(17)10-5-2-8-15-10/h1-2,4-5,7-8,12,15H,3,6,9H2,(H,16,18). The largest absolute Gasteiger partial charge is 0.363 e. The van der Waals surface area contributed by atoms with Gasteiger partial charge in [-0.25, -0.2) is 0 Å². The Balaban J connectivity index is 1.89. The number of aromatic amines is 2. The van der Waals surface area contributed by atoms with Crippen LogP contribution in [0.2, 0.25) is 0 Å². The van der Waals surface area contributed by atoms with Crippen molar-refractivity contribution in [2.45, 2.75) is 18.9 Å². The fourth-order valence-corrected chi connectivity index (χ4v) is 2.61. The lowest BCUT2D eigenvalue weighted by atomic mass is 10.1. The van der Waals surface area contributed by atoms with E-state index < -0.39 is 0 Å². The third kappa shape index (κ3) is 2.19. The van der Waals surface area contributed by atoms with Gasteiger partial charge in [0.1, 0.15) is 5.69 Å². The molecule has 2 aromatic rings. The van der Waals surface area contributed by atoms with Crippen molar-refractivity contribution >= 4 is 5.91 Å². The number of H-pyrrole nitrogens is 2. The third-order valence-corrected chi connectivity index (χ3v) is 3.49. The van der Waals surface area contributed by atoms with E-state index in [1.807, 2.05) is 23.2 Å². The van der Waals surface area contributed by atoms with Gasteiger partial charge >= 0.3 is 0 Å². The highest BCUT2D eigenvalue weighted by Gasteiger charge is 2.31. The van der Waals surface area contributed by atoms with Gasteiger partial charge in [-0.3, -0.25) is 9.59 Å². The smallest absolute Gasteiger partial charge is 0.270 e. The number of aromatic nitrogens is 2. The Morgan fingerprint density at radius 2 is 2.16 bits per heavy atom. The minimum atomic E-state index is -0.249. The van der Waals surface area contributed by atoms with Crippen molar-refractivity contribution in [3.8, 4) is 0 Å². The van der Waals surface area contributed by atoms with Gasteiger partial charge in [0.25, 0.3) is 5.91 Å². The normalized spacial score (nSPS) is 18.7. The summed E-state index contributed by atoms with van der Waals surface area (Å²) in [6, 6.07) is 8.65. The van der Waals surface area contributed by atoms with Crippen LogP contribution in [0.3, 0.4) is 0 Å². The van der Waals surface area contributed by atoms with E-state index in [2.05, 4.69) is 9.97 Å². The van der Waals surface area contributed by atoms with Crippen LogP contribution in [0, 0.1) is 0 Å². The van der Waals surface area contributed by atoms with Crippen LogP contribution in [0.25, 0.3) is 0 Å². The topological polar surface area (TPSA) is 69.0 Å². The predicted molar refractivity (Wildman–Crippen MR) is 70.9 cm³/mol. The van der Waals surface area contributed by atoms with Gasteiger partial charge in [-0.2, -0.15) is 0 Å². The van der Waals surface area contributed by atoms with Gasteiger partial charge < -0.3 is 14.9 Å². The fraction of sp³-hybridized carbons (Fsp3) is 0.286. The van der Waals surface area contributed by atoms with E-state index in [1.54, 1.807) is 12.1 Å². The molecule has 5 nitrogen and oxygen atoms in total. The van der Waals surface area contributed by atoms with Crippen LogP contribution in [-0.4, -0.2) is 27.3 Å². The molecular formula is C14H15N3O2. The molecule has 0 bridgehead atoms. The number of hydrogen-bond acceptors (Lipinski definition) is 2. The van der Waals surface area contributed by atoms with Gasteiger partial charge in [0.05, 0.1) is 6.04 Å². The minimum absolute atomic E-state index is 0.0752. The summed E-state index contributed by atoms with van der Waals surface area (Å²) < 4.78 is 0. The van der Waals surface area contributed by atoms with Gasteiger partial charge in [0.2, 0.25) is 5.56 Å². The lowest BCUT2D eigenvalue weighted by Gasteiger charge is -2.23. The predicted octanol–water partition coefficient (Wildman–Crippen LogP) is 1.68. The second-order valence-electron chi connectivity index (χ2n) is 4.71. The van der Waals surface area contributed by atoms with Crippen LogP contribution in [0.1, 0.15) is 35.1 Å². The van der Waals surface area contributed by atoms with Gasteiger partial charge in [-0.1, -0.05) is 6.07 Å². The quantitative estimate of drug-likeness (QED) is 0.859. The van der Waals surface area contributed by atoms with Crippen LogP contribution in [-0.2, 0) is 0 Å². The first-order valence-electron chi connectivity index (χ1n) is 6.39. The Kier molecular flexibility index (Phi) is 2.95. The maximum Gasteiger partial charge on any atom is 0.270 e. The zero-order valence-corrected chi connectivity index (χ0v) is 10.4. The third-order valence-electron chi connectivity index (χ3n) is 3.49. The van der Waals surface area contributed by atoms with Crippen LogP contribution < -0.4 is 5.56 Å². The molecule has 0 saturated carbocycles. The average molecular weight is 257 g/mol. The summed E-state index contributed by atoms with van der Waals surface area (Å²) in [6.07, 6.45) is 3.79. The summed E-state index contributed by atoms with van der Waals surface area (Å²) in [4.78, 5) is 31.3. The molecular weight excluding hydrogens is 242 g/mol. The van der Waals surface area contributed by atoms with E-state index in [4.69, 9.17) is 0 Å². The number of likely N-dealkylation sites (tertiary alicyclic amines) is 1. The number of hydrogen-bond donors (Lipinski definition) is 2. The van der Waals surface area contributed by atoms with E-state index in [9.17, 15) is 9.59 Å². The van der Waals surface area contributed by atoms with Crippen molar-refractivity contribution < 1.29 is 4.79 Å². The molecule has 0 aromatic carbocycles. The molecule has 2 N–H and O–H groups in total. The molecule has 19 heavy (non-hydrogen) atoms. The van der Waals surface area contributed by atoms with Gasteiger partial charge in [-0.15, -0.1) is 0 Å². The minimum Gasteiger partial charge on any atom is -0.363 e. The van der Waals surface area contributed by atoms with E-state index in [0.29, 0.717) is 5.69 Å². The van der Waals surface area contributed by atoms with Crippen LogP contribution in [0.5, 0.6) is 0 Å². The van der Waals surface area contributed by atoms with Crippen LogP contribution >= 0.6 is 0 Å². The second-order valence-corrected chi connectivity index (χ2v) is 4.71. The molecule has 3 rings (SSSR count). The van der Waals surface area contributed by atoms with Gasteiger partial charge in [0, 0.05) is 24.5 Å². The molecule has 1 amide bonds. The van der Waals surface area contributed by atoms with Crippen molar-refractivity contribution in [1.82, 2.24) is 14.9 Å². The molecule has 0 aliphatic carbocycles. The highest BCUT2D eigenvalue weighted by molar-refractivity contribution is 5.92. The van der Waals surface area contributed by atoms with Crippen molar-refractivity contribution in [3.05, 3.63) is 58.3 Å². The summed E-state index contributed by atoms with van der Waals surface area (Å²) in [7, 11) is 0. The van der Waals surface area contributed by atoms with E-state index in [1.165, 1.54) is 6.07 Å². The first kappa shape index (κ1) is 11.8. The van der Waals surface area contributed by atoms with E-state index in [0.717, 1.165) is 25.1 Å². The molecule has 1 fully saturated rings. The molecule has 0 spiro atoms. The average Bonchev–Trinajstić information content (AvgIpc) is 3.08. The van der Waals surface area contributed by atoms with Crippen molar-refractivity contribution in [1.29, 1.82) is 0 Å². The summed E-state index contributed by atoms with van der Waals surface area (Å²) in [5.74, 6) is -0.116. The summed E-state index contributed by atoms with van der Waals surface area (Å²) >= 11 is 0. The monoisotopic (exact) mass is 257 g/mol. The molecule has 1 atom stereocenters. The highest BCUT2D eigenvalue weighted by atomic mass is 16.2. The molecule has 1 saturated heterocycles. The fourth-order valence-electron chi connectivity index (χ4n) is 2.61. The van der Waals surface area contributed by atoms with Gasteiger partial charge in [-0.05, 0) is 31.0 Å². The Bertz CT molecular complexity index is 630.